The van der Waals surface area contributed by atoms with Gasteiger partial charge in [0, 0.05) is 35.8 Å². The third kappa shape index (κ3) is 6.30. The lowest BCUT2D eigenvalue weighted by molar-refractivity contribution is 1.08. The van der Waals surface area contributed by atoms with E-state index in [1.165, 1.54) is 40.8 Å². The second kappa shape index (κ2) is 12.2. The molecule has 3 N–H and O–H groups in total. The maximum absolute atomic E-state index is 6.28. The summed E-state index contributed by atoms with van der Waals surface area (Å²) in [7, 11) is 0. The summed E-state index contributed by atoms with van der Waals surface area (Å²) in [4.78, 5) is 4.66. The summed E-state index contributed by atoms with van der Waals surface area (Å²) in [5, 5.41) is 6.28. The summed E-state index contributed by atoms with van der Waals surface area (Å²) < 4.78 is 0. The quantitative estimate of drug-likeness (QED) is 0.233. The van der Waals surface area contributed by atoms with Crippen LogP contribution in [0.1, 0.15) is 18.1 Å². The minimum absolute atomic E-state index is 0.167. The fraction of sp³-hybridized carbons (Fsp3) is 0.0938. The van der Waals surface area contributed by atoms with Gasteiger partial charge in [-0.3, -0.25) is 5.41 Å². The van der Waals surface area contributed by atoms with Gasteiger partial charge < -0.3 is 15.5 Å². The van der Waals surface area contributed by atoms with Crippen LogP contribution in [0.3, 0.4) is 0 Å². The first-order valence-corrected chi connectivity index (χ1v) is 12.1. The van der Waals surface area contributed by atoms with Gasteiger partial charge >= 0.3 is 0 Å². The third-order valence-electron chi connectivity index (χ3n) is 5.76. The molecule has 0 bridgehead atoms. The standard InChI is InChI=1S/2C15H13N.C2H6N2/c2*1-2-9-14(10-3-1)16-12-6-8-13-7-4-5-11-15(13)16;1-2(3)4/h2*1-11H,12H2;1H3,(H3,3,4). The van der Waals surface area contributed by atoms with Crippen molar-refractivity contribution in [1.29, 1.82) is 5.41 Å². The van der Waals surface area contributed by atoms with Crippen LogP contribution in [-0.2, 0) is 0 Å². The minimum Gasteiger partial charge on any atom is -0.388 e. The number of nitrogens with zero attached hydrogens (tertiary/aromatic N) is 2. The molecule has 4 heteroatoms. The lowest BCUT2D eigenvalue weighted by Gasteiger charge is -2.28. The Morgan fingerprint density at radius 2 is 0.917 bits per heavy atom. The van der Waals surface area contributed by atoms with Crippen molar-refractivity contribution in [3.05, 3.63) is 132 Å². The monoisotopic (exact) mass is 472 g/mol. The van der Waals surface area contributed by atoms with Crippen molar-refractivity contribution < 1.29 is 0 Å². The van der Waals surface area contributed by atoms with Gasteiger partial charge in [-0.25, -0.2) is 0 Å². The number of fused-ring (bicyclic) bond motifs is 2. The van der Waals surface area contributed by atoms with Crippen LogP contribution in [0.4, 0.5) is 22.7 Å². The van der Waals surface area contributed by atoms with E-state index in [0.717, 1.165) is 13.1 Å². The van der Waals surface area contributed by atoms with Crippen molar-refractivity contribution in [1.82, 2.24) is 0 Å². The van der Waals surface area contributed by atoms with Crippen LogP contribution < -0.4 is 15.5 Å². The van der Waals surface area contributed by atoms with Gasteiger partial charge in [0.25, 0.3) is 0 Å². The molecule has 2 heterocycles. The van der Waals surface area contributed by atoms with Crippen molar-refractivity contribution >= 4 is 40.7 Å². The molecule has 0 aliphatic carbocycles. The minimum atomic E-state index is 0.167. The molecule has 0 aromatic heterocycles. The highest BCUT2D eigenvalue weighted by atomic mass is 15.1. The normalized spacial score (nSPS) is 12.8. The number of para-hydroxylation sites is 4. The van der Waals surface area contributed by atoms with E-state index in [-0.39, 0.29) is 5.84 Å². The molecule has 0 fully saturated rings. The fourth-order valence-electron chi connectivity index (χ4n) is 4.22. The molecule has 36 heavy (non-hydrogen) atoms. The van der Waals surface area contributed by atoms with Crippen LogP contribution in [-0.4, -0.2) is 18.9 Å². The largest absolute Gasteiger partial charge is 0.388 e. The summed E-state index contributed by atoms with van der Waals surface area (Å²) in [6.45, 7) is 3.42. The van der Waals surface area contributed by atoms with Gasteiger partial charge in [-0.05, 0) is 54.4 Å². The molecule has 0 saturated heterocycles. The maximum Gasteiger partial charge on any atom is 0.0873 e. The SMILES string of the molecule is C1=Cc2ccccc2N(c2ccccc2)C1.C1=Cc2ccccc2N(c2ccccc2)C1.CC(=N)N. The van der Waals surface area contributed by atoms with Gasteiger partial charge in [0.15, 0.2) is 0 Å². The number of rotatable bonds is 2. The number of hydrogen-bond acceptors (Lipinski definition) is 3. The highest BCUT2D eigenvalue weighted by molar-refractivity contribution is 5.78. The van der Waals surface area contributed by atoms with Crippen LogP contribution in [0.25, 0.3) is 12.2 Å². The third-order valence-corrected chi connectivity index (χ3v) is 5.76. The van der Waals surface area contributed by atoms with E-state index in [4.69, 9.17) is 11.1 Å². The van der Waals surface area contributed by atoms with E-state index < -0.39 is 0 Å². The highest BCUT2D eigenvalue weighted by Crippen LogP contribution is 2.32. The van der Waals surface area contributed by atoms with Gasteiger partial charge in [0.1, 0.15) is 0 Å². The van der Waals surface area contributed by atoms with Gasteiger partial charge in [0.05, 0.1) is 5.84 Å². The van der Waals surface area contributed by atoms with Gasteiger partial charge in [0.2, 0.25) is 0 Å². The molecule has 0 saturated carbocycles. The molecule has 4 nitrogen and oxygen atoms in total. The topological polar surface area (TPSA) is 56.4 Å². The summed E-state index contributed by atoms with van der Waals surface area (Å²) in [5.74, 6) is 0.167. The van der Waals surface area contributed by atoms with Crippen LogP contribution in [0, 0.1) is 5.41 Å². The molecule has 4 aromatic carbocycles. The highest BCUT2D eigenvalue weighted by Gasteiger charge is 2.14. The van der Waals surface area contributed by atoms with Crippen LogP contribution in [0.5, 0.6) is 0 Å². The van der Waals surface area contributed by atoms with Crippen molar-refractivity contribution in [3.8, 4) is 0 Å². The van der Waals surface area contributed by atoms with Crippen molar-refractivity contribution in [2.75, 3.05) is 22.9 Å². The number of hydrogen-bond donors (Lipinski definition) is 2. The Labute approximate surface area is 214 Å². The molecule has 2 aliphatic rings. The van der Waals surface area contributed by atoms with Crippen molar-refractivity contribution in [2.45, 2.75) is 6.92 Å². The second-order valence-electron chi connectivity index (χ2n) is 8.50. The Bertz CT molecular complexity index is 1220. The first-order chi connectivity index (χ1) is 17.6. The molecular weight excluding hydrogens is 440 g/mol. The van der Waals surface area contributed by atoms with Crippen molar-refractivity contribution in [2.24, 2.45) is 5.73 Å². The Kier molecular flexibility index (Phi) is 8.34. The molecule has 0 unspecified atom stereocenters. The van der Waals surface area contributed by atoms with E-state index in [2.05, 4.69) is 143 Å². The second-order valence-corrected chi connectivity index (χ2v) is 8.50. The summed E-state index contributed by atoms with van der Waals surface area (Å²) in [6, 6.07) is 38.0. The summed E-state index contributed by atoms with van der Waals surface area (Å²) >= 11 is 0. The van der Waals surface area contributed by atoms with E-state index in [1.54, 1.807) is 0 Å². The predicted molar refractivity (Wildman–Crippen MR) is 155 cm³/mol. The number of amidine groups is 1. The molecule has 0 radical (unpaired) electrons. The lowest BCUT2D eigenvalue weighted by Crippen LogP contribution is -2.19. The molecule has 0 spiro atoms. The van der Waals surface area contributed by atoms with Gasteiger partial charge in [-0.2, -0.15) is 0 Å². The van der Waals surface area contributed by atoms with Crippen LogP contribution >= 0.6 is 0 Å². The smallest absolute Gasteiger partial charge is 0.0873 e. The number of nitrogens with one attached hydrogen (secondary N) is 1. The number of anilines is 4. The van der Waals surface area contributed by atoms with Crippen molar-refractivity contribution in [3.63, 3.8) is 0 Å². The molecule has 2 aliphatic heterocycles. The molecular formula is C32H32N4. The molecule has 0 amide bonds. The molecule has 0 atom stereocenters. The summed E-state index contributed by atoms with van der Waals surface area (Å²) in [6.07, 6.45) is 8.79. The molecule has 4 aromatic rings. The average Bonchev–Trinajstić information content (AvgIpc) is 2.93. The predicted octanol–water partition coefficient (Wildman–Crippen LogP) is 7.65. The van der Waals surface area contributed by atoms with Crippen LogP contribution in [0.15, 0.2) is 121 Å². The summed E-state index contributed by atoms with van der Waals surface area (Å²) in [5.41, 5.74) is 12.3. The Hall–Kier alpha value is -4.57. The molecule has 6 rings (SSSR count). The Morgan fingerprint density at radius 1 is 0.583 bits per heavy atom. The van der Waals surface area contributed by atoms with Gasteiger partial charge in [-0.1, -0.05) is 97.1 Å². The number of benzene rings is 4. The number of nitrogens with two attached hydrogens (primary N) is 1. The van der Waals surface area contributed by atoms with Gasteiger partial charge in [-0.15, -0.1) is 0 Å². The first-order valence-electron chi connectivity index (χ1n) is 12.1. The van der Waals surface area contributed by atoms with E-state index in [9.17, 15) is 0 Å². The lowest BCUT2D eigenvalue weighted by atomic mass is 10.1. The Balaban J connectivity index is 0.000000148. The maximum atomic E-state index is 6.28. The zero-order valence-electron chi connectivity index (χ0n) is 20.6. The zero-order chi connectivity index (χ0) is 25.2. The van der Waals surface area contributed by atoms with E-state index >= 15 is 0 Å². The molecule has 180 valence electrons. The zero-order valence-corrected chi connectivity index (χ0v) is 20.6. The average molecular weight is 473 g/mol. The first kappa shape index (κ1) is 24.6. The van der Waals surface area contributed by atoms with E-state index in [0.29, 0.717) is 0 Å². The van der Waals surface area contributed by atoms with Crippen LogP contribution in [0.2, 0.25) is 0 Å². The van der Waals surface area contributed by atoms with E-state index in [1.807, 2.05) is 0 Å². The fourth-order valence-corrected chi connectivity index (χ4v) is 4.22. The Morgan fingerprint density at radius 3 is 1.31 bits per heavy atom.